The molecular formula is C19H19BrN2O3. The van der Waals surface area contributed by atoms with Crippen molar-refractivity contribution in [3.8, 4) is 0 Å². The number of fused-ring (bicyclic) bond motifs is 1. The van der Waals surface area contributed by atoms with E-state index < -0.39 is 0 Å². The Morgan fingerprint density at radius 2 is 2.08 bits per heavy atom. The van der Waals surface area contributed by atoms with Gasteiger partial charge in [-0.1, -0.05) is 28.1 Å². The number of carbonyl (C=O) groups excluding carboxylic acids is 2. The molecule has 3 rings (SSSR count). The van der Waals surface area contributed by atoms with Gasteiger partial charge in [0.2, 0.25) is 0 Å². The Bertz CT molecular complexity index is 807. The maximum Gasteiger partial charge on any atom is 0.255 e. The topological polar surface area (TPSA) is 58.6 Å². The van der Waals surface area contributed by atoms with Gasteiger partial charge in [0.25, 0.3) is 11.8 Å². The van der Waals surface area contributed by atoms with E-state index in [1.54, 1.807) is 17.0 Å². The van der Waals surface area contributed by atoms with Gasteiger partial charge in [-0.25, -0.2) is 0 Å². The zero-order valence-electron chi connectivity index (χ0n) is 13.9. The third-order valence-corrected chi connectivity index (χ3v) is 4.61. The Morgan fingerprint density at radius 3 is 2.84 bits per heavy atom. The van der Waals surface area contributed by atoms with Crippen molar-refractivity contribution < 1.29 is 14.3 Å². The quantitative estimate of drug-likeness (QED) is 0.849. The molecule has 0 saturated carbocycles. The van der Waals surface area contributed by atoms with Crippen molar-refractivity contribution in [1.29, 1.82) is 0 Å². The van der Waals surface area contributed by atoms with Crippen LogP contribution in [0.4, 0.5) is 11.4 Å². The number of hydrogen-bond acceptors (Lipinski definition) is 3. The highest BCUT2D eigenvalue weighted by molar-refractivity contribution is 9.10. The van der Waals surface area contributed by atoms with Crippen molar-refractivity contribution in [2.75, 3.05) is 30.5 Å². The Morgan fingerprint density at radius 1 is 1.24 bits per heavy atom. The fourth-order valence-corrected chi connectivity index (χ4v) is 3.35. The Hall–Kier alpha value is -2.18. The molecule has 1 N–H and O–H groups in total. The van der Waals surface area contributed by atoms with Crippen LogP contribution in [-0.4, -0.2) is 32.1 Å². The molecule has 0 atom stereocenters. The molecule has 0 aliphatic carbocycles. The molecule has 0 fully saturated rings. The summed E-state index contributed by atoms with van der Waals surface area (Å²) < 4.78 is 5.82. The number of benzene rings is 2. The summed E-state index contributed by atoms with van der Waals surface area (Å²) >= 11 is 3.37. The van der Waals surface area contributed by atoms with E-state index in [0.717, 1.165) is 28.6 Å². The molecular weight excluding hydrogens is 384 g/mol. The standard InChI is InChI=1S/C19H19BrN2O3/c1-25-12-18(23)22-9-3-5-13-7-8-16(11-17(13)22)21-19(24)14-4-2-6-15(20)10-14/h2,4,6-8,10-11H,3,5,9,12H2,1H3,(H,21,24). The summed E-state index contributed by atoms with van der Waals surface area (Å²) in [7, 11) is 1.51. The first-order valence-corrected chi connectivity index (χ1v) is 8.87. The van der Waals surface area contributed by atoms with E-state index in [-0.39, 0.29) is 18.4 Å². The molecule has 0 saturated heterocycles. The minimum atomic E-state index is -0.188. The highest BCUT2D eigenvalue weighted by atomic mass is 79.9. The lowest BCUT2D eigenvalue weighted by Gasteiger charge is -2.29. The van der Waals surface area contributed by atoms with Gasteiger partial charge in [-0.3, -0.25) is 9.59 Å². The van der Waals surface area contributed by atoms with Crippen LogP contribution >= 0.6 is 15.9 Å². The zero-order chi connectivity index (χ0) is 17.8. The van der Waals surface area contributed by atoms with E-state index in [2.05, 4.69) is 21.2 Å². The van der Waals surface area contributed by atoms with Gasteiger partial charge in [-0.2, -0.15) is 0 Å². The van der Waals surface area contributed by atoms with Gasteiger partial charge < -0.3 is 15.0 Å². The predicted molar refractivity (Wildman–Crippen MR) is 101 cm³/mol. The highest BCUT2D eigenvalue weighted by Crippen LogP contribution is 2.30. The predicted octanol–water partition coefficient (Wildman–Crippen LogP) is 3.63. The lowest BCUT2D eigenvalue weighted by atomic mass is 10.0. The maximum atomic E-state index is 12.4. The first kappa shape index (κ1) is 17.6. The molecule has 2 amide bonds. The van der Waals surface area contributed by atoms with Gasteiger partial charge in [-0.05, 0) is 48.7 Å². The average Bonchev–Trinajstić information content (AvgIpc) is 2.61. The van der Waals surface area contributed by atoms with E-state index >= 15 is 0 Å². The molecule has 1 heterocycles. The van der Waals surface area contributed by atoms with Gasteiger partial charge in [0, 0.05) is 35.1 Å². The number of aryl methyl sites for hydroxylation is 1. The van der Waals surface area contributed by atoms with E-state index in [4.69, 9.17) is 4.74 Å². The number of carbonyl (C=O) groups is 2. The SMILES string of the molecule is COCC(=O)N1CCCc2ccc(NC(=O)c3cccc(Br)c3)cc21. The van der Waals surface area contributed by atoms with Crippen LogP contribution in [-0.2, 0) is 16.0 Å². The number of nitrogens with one attached hydrogen (secondary N) is 1. The summed E-state index contributed by atoms with van der Waals surface area (Å²) in [5.41, 5.74) is 3.19. The third kappa shape index (κ3) is 4.08. The van der Waals surface area contributed by atoms with Crippen LogP contribution in [0.5, 0.6) is 0 Å². The molecule has 2 aromatic carbocycles. The fourth-order valence-electron chi connectivity index (χ4n) is 2.95. The molecule has 0 unspecified atom stereocenters. The minimum Gasteiger partial charge on any atom is -0.375 e. The Labute approximate surface area is 155 Å². The largest absolute Gasteiger partial charge is 0.375 e. The normalized spacial score (nSPS) is 13.3. The first-order valence-electron chi connectivity index (χ1n) is 8.07. The molecule has 1 aliphatic heterocycles. The first-order chi connectivity index (χ1) is 12.1. The second-order valence-corrected chi connectivity index (χ2v) is 6.81. The summed E-state index contributed by atoms with van der Waals surface area (Å²) in [6, 6.07) is 12.9. The van der Waals surface area contributed by atoms with Crippen molar-refractivity contribution in [3.05, 3.63) is 58.1 Å². The monoisotopic (exact) mass is 402 g/mol. The van der Waals surface area contributed by atoms with Crippen molar-refractivity contribution in [2.24, 2.45) is 0 Å². The Kier molecular flexibility index (Phi) is 5.50. The van der Waals surface area contributed by atoms with Gasteiger partial charge in [-0.15, -0.1) is 0 Å². The number of amides is 2. The number of ether oxygens (including phenoxy) is 1. The number of nitrogens with zero attached hydrogens (tertiary/aromatic N) is 1. The van der Waals surface area contributed by atoms with Crippen molar-refractivity contribution in [2.45, 2.75) is 12.8 Å². The molecule has 130 valence electrons. The number of methoxy groups -OCH3 is 1. The molecule has 0 spiro atoms. The van der Waals surface area contributed by atoms with Crippen LogP contribution in [0.25, 0.3) is 0 Å². The number of rotatable bonds is 4. The molecule has 6 heteroatoms. The average molecular weight is 403 g/mol. The van der Waals surface area contributed by atoms with Crippen molar-refractivity contribution in [3.63, 3.8) is 0 Å². The van der Waals surface area contributed by atoms with Crippen LogP contribution in [0.3, 0.4) is 0 Å². The summed E-state index contributed by atoms with van der Waals surface area (Å²) in [6.45, 7) is 0.715. The van der Waals surface area contributed by atoms with Crippen LogP contribution in [0, 0.1) is 0 Å². The second kappa shape index (κ2) is 7.80. The van der Waals surface area contributed by atoms with Gasteiger partial charge in [0.05, 0.1) is 0 Å². The lowest BCUT2D eigenvalue weighted by Crippen LogP contribution is -2.37. The number of hydrogen-bond donors (Lipinski definition) is 1. The van der Waals surface area contributed by atoms with Gasteiger partial charge in [0.15, 0.2) is 0 Å². The second-order valence-electron chi connectivity index (χ2n) is 5.89. The molecule has 5 nitrogen and oxygen atoms in total. The fraction of sp³-hybridized carbons (Fsp3) is 0.263. The summed E-state index contributed by atoms with van der Waals surface area (Å²) in [4.78, 5) is 26.4. The molecule has 0 radical (unpaired) electrons. The van der Waals surface area contributed by atoms with Crippen molar-refractivity contribution in [1.82, 2.24) is 0 Å². The smallest absolute Gasteiger partial charge is 0.255 e. The number of halogens is 1. The molecule has 0 bridgehead atoms. The van der Waals surface area contributed by atoms with Crippen LogP contribution < -0.4 is 10.2 Å². The third-order valence-electron chi connectivity index (χ3n) is 4.12. The minimum absolute atomic E-state index is 0.0497. The van der Waals surface area contributed by atoms with E-state index in [9.17, 15) is 9.59 Å². The highest BCUT2D eigenvalue weighted by Gasteiger charge is 2.23. The summed E-state index contributed by atoms with van der Waals surface area (Å²) in [5, 5.41) is 2.90. The molecule has 2 aromatic rings. The van der Waals surface area contributed by atoms with E-state index in [0.29, 0.717) is 17.8 Å². The van der Waals surface area contributed by atoms with Crippen LogP contribution in [0.15, 0.2) is 46.9 Å². The molecule has 1 aliphatic rings. The van der Waals surface area contributed by atoms with E-state index in [1.165, 1.54) is 7.11 Å². The maximum absolute atomic E-state index is 12.4. The summed E-state index contributed by atoms with van der Waals surface area (Å²) in [5.74, 6) is -0.259. The Balaban J connectivity index is 1.83. The zero-order valence-corrected chi connectivity index (χ0v) is 15.5. The van der Waals surface area contributed by atoms with Crippen LogP contribution in [0.1, 0.15) is 22.3 Å². The number of anilines is 2. The van der Waals surface area contributed by atoms with Gasteiger partial charge >= 0.3 is 0 Å². The lowest BCUT2D eigenvalue weighted by molar-refractivity contribution is -0.122. The van der Waals surface area contributed by atoms with Crippen LogP contribution in [0.2, 0.25) is 0 Å². The van der Waals surface area contributed by atoms with Gasteiger partial charge in [0.1, 0.15) is 6.61 Å². The van der Waals surface area contributed by atoms with Crippen molar-refractivity contribution >= 4 is 39.1 Å². The summed E-state index contributed by atoms with van der Waals surface area (Å²) in [6.07, 6.45) is 1.85. The molecule has 25 heavy (non-hydrogen) atoms. The van der Waals surface area contributed by atoms with E-state index in [1.807, 2.05) is 30.3 Å². The molecule has 0 aromatic heterocycles.